The number of nitrogens with zero attached hydrogens (tertiary/aromatic N) is 2. The van der Waals surface area contributed by atoms with Gasteiger partial charge in [-0.1, -0.05) is 176 Å². The normalized spacial score (nSPS) is 11.8. The number of rotatable bonds is 7. The zero-order valence-electron chi connectivity index (χ0n) is 37.6. The van der Waals surface area contributed by atoms with Crippen molar-refractivity contribution in [1.29, 1.82) is 0 Å². The zero-order chi connectivity index (χ0) is 45.4. The Kier molecular flexibility index (Phi) is 8.90. The molecule has 69 heavy (non-hydrogen) atoms. The van der Waals surface area contributed by atoms with Gasteiger partial charge in [0, 0.05) is 49.7 Å². The van der Waals surface area contributed by atoms with Crippen LogP contribution in [0.3, 0.4) is 0 Å². The van der Waals surface area contributed by atoms with Crippen LogP contribution in [0.15, 0.2) is 259 Å². The van der Waals surface area contributed by atoms with E-state index in [1.165, 1.54) is 54.3 Å². The molecule has 0 saturated carbocycles. The number of hydrogen-bond acceptors (Lipinski definition) is 2. The summed E-state index contributed by atoms with van der Waals surface area (Å²) in [5, 5.41) is 12.1. The summed E-state index contributed by atoms with van der Waals surface area (Å²) in [5.74, 6) is 0. The number of aromatic nitrogens is 1. The lowest BCUT2D eigenvalue weighted by molar-refractivity contribution is 0.673. The lowest BCUT2D eigenvalue weighted by Gasteiger charge is -2.27. The van der Waals surface area contributed by atoms with Crippen LogP contribution in [-0.2, 0) is 0 Å². The third-order valence-corrected chi connectivity index (χ3v) is 14.1. The second-order valence-corrected chi connectivity index (χ2v) is 18.1. The van der Waals surface area contributed by atoms with E-state index in [9.17, 15) is 0 Å². The first kappa shape index (κ1) is 39.0. The minimum atomic E-state index is 0.884. The molecule has 14 rings (SSSR count). The molecule has 0 spiro atoms. The molecule has 0 bridgehead atoms. The summed E-state index contributed by atoms with van der Waals surface area (Å²) in [6.45, 7) is 0. The summed E-state index contributed by atoms with van der Waals surface area (Å²) in [7, 11) is 0. The lowest BCUT2D eigenvalue weighted by atomic mass is 9.96. The summed E-state index contributed by atoms with van der Waals surface area (Å²) < 4.78 is 9.04. The Labute approximate surface area is 399 Å². The fraction of sp³-hybridized carbons (Fsp3) is 0. The molecule has 3 nitrogen and oxygen atoms in total. The highest BCUT2D eigenvalue weighted by atomic mass is 16.3. The van der Waals surface area contributed by atoms with E-state index in [-0.39, 0.29) is 0 Å². The van der Waals surface area contributed by atoms with Gasteiger partial charge in [0.25, 0.3) is 0 Å². The first-order valence-electron chi connectivity index (χ1n) is 23.6. The minimum Gasteiger partial charge on any atom is -0.455 e. The molecule has 0 amide bonds. The van der Waals surface area contributed by atoms with E-state index in [2.05, 4.69) is 264 Å². The number of benzene rings is 12. The summed E-state index contributed by atoms with van der Waals surface area (Å²) >= 11 is 0. The molecule has 14 aromatic rings. The van der Waals surface area contributed by atoms with Gasteiger partial charge in [-0.25, -0.2) is 0 Å². The topological polar surface area (TPSA) is 21.3 Å². The molecular formula is C66H42N2O. The summed E-state index contributed by atoms with van der Waals surface area (Å²) in [4.78, 5) is 2.39. The highest BCUT2D eigenvalue weighted by Gasteiger charge is 2.19. The molecule has 0 aliphatic rings. The van der Waals surface area contributed by atoms with Crippen LogP contribution in [0, 0.1) is 0 Å². The van der Waals surface area contributed by atoms with E-state index < -0.39 is 0 Å². The van der Waals surface area contributed by atoms with Crippen LogP contribution in [0.1, 0.15) is 0 Å². The highest BCUT2D eigenvalue weighted by molar-refractivity contribution is 6.19. The van der Waals surface area contributed by atoms with Crippen molar-refractivity contribution in [1.82, 2.24) is 4.57 Å². The van der Waals surface area contributed by atoms with E-state index in [0.29, 0.717) is 0 Å². The maximum atomic E-state index is 6.65. The first-order valence-corrected chi connectivity index (χ1v) is 23.6. The van der Waals surface area contributed by atoms with E-state index >= 15 is 0 Å². The van der Waals surface area contributed by atoms with Crippen molar-refractivity contribution < 1.29 is 4.42 Å². The van der Waals surface area contributed by atoms with Gasteiger partial charge in [0.15, 0.2) is 0 Å². The standard InChI is InChI=1S/C66H42N2O/c1-3-21-55-44(13-1)29-30-46-31-32-49(42-61(46)55)48-16-10-18-52(40-48)67(53-19-11-17-50(41-53)56-25-12-28-64-65(56)60-38-35-45-14-2-4-22-57(45)66(60)69-64)51-36-33-43(34-37-51)47-15-9-20-54(39-47)68-62-26-7-5-23-58(62)59-24-6-8-27-63(59)68/h1-42H. The monoisotopic (exact) mass is 878 g/mol. The maximum absolute atomic E-state index is 6.65. The van der Waals surface area contributed by atoms with Gasteiger partial charge in [-0.05, 0) is 139 Å². The quantitative estimate of drug-likeness (QED) is 0.149. The van der Waals surface area contributed by atoms with Gasteiger partial charge in [-0.3, -0.25) is 0 Å². The van der Waals surface area contributed by atoms with Crippen molar-refractivity contribution in [3.05, 3.63) is 255 Å². The Morgan fingerprint density at radius 2 is 0.841 bits per heavy atom. The van der Waals surface area contributed by atoms with Crippen LogP contribution < -0.4 is 4.90 Å². The van der Waals surface area contributed by atoms with Crippen LogP contribution in [0.25, 0.3) is 115 Å². The third kappa shape index (κ3) is 6.43. The van der Waals surface area contributed by atoms with Crippen LogP contribution in [0.4, 0.5) is 17.1 Å². The Balaban J connectivity index is 0.903. The van der Waals surface area contributed by atoms with Gasteiger partial charge in [0.1, 0.15) is 11.2 Å². The lowest BCUT2D eigenvalue weighted by Crippen LogP contribution is -2.10. The second-order valence-electron chi connectivity index (χ2n) is 18.1. The molecule has 3 heteroatoms. The van der Waals surface area contributed by atoms with Crippen LogP contribution in [0.5, 0.6) is 0 Å². The predicted octanol–water partition coefficient (Wildman–Crippen LogP) is 18.6. The van der Waals surface area contributed by atoms with Gasteiger partial charge in [0.2, 0.25) is 0 Å². The number of fused-ring (bicyclic) bond motifs is 11. The Morgan fingerprint density at radius 3 is 1.59 bits per heavy atom. The largest absolute Gasteiger partial charge is 0.455 e. The highest BCUT2D eigenvalue weighted by Crippen LogP contribution is 2.44. The van der Waals surface area contributed by atoms with Crippen LogP contribution >= 0.6 is 0 Å². The van der Waals surface area contributed by atoms with Crippen molar-refractivity contribution >= 4 is 93.1 Å². The molecule has 0 fully saturated rings. The second kappa shape index (κ2) is 15.7. The molecule has 322 valence electrons. The maximum Gasteiger partial charge on any atom is 0.143 e. The van der Waals surface area contributed by atoms with E-state index in [1.807, 2.05) is 0 Å². The molecule has 0 aliphatic heterocycles. The molecule has 0 N–H and O–H groups in total. The zero-order valence-corrected chi connectivity index (χ0v) is 37.6. The summed E-state index contributed by atoms with van der Waals surface area (Å²) in [6, 6.07) is 92.6. The smallest absolute Gasteiger partial charge is 0.143 e. The number of anilines is 3. The summed E-state index contributed by atoms with van der Waals surface area (Å²) in [5.41, 5.74) is 15.5. The van der Waals surface area contributed by atoms with Gasteiger partial charge >= 0.3 is 0 Å². The molecular weight excluding hydrogens is 837 g/mol. The number of furan rings is 1. The van der Waals surface area contributed by atoms with Gasteiger partial charge in [-0.2, -0.15) is 0 Å². The van der Waals surface area contributed by atoms with Gasteiger partial charge in [-0.15, -0.1) is 0 Å². The Bertz CT molecular complexity index is 4270. The molecule has 0 aliphatic carbocycles. The molecule has 0 unspecified atom stereocenters. The van der Waals surface area contributed by atoms with Gasteiger partial charge in [0.05, 0.1) is 11.0 Å². The van der Waals surface area contributed by atoms with Gasteiger partial charge < -0.3 is 13.9 Å². The Morgan fingerprint density at radius 1 is 0.304 bits per heavy atom. The van der Waals surface area contributed by atoms with Crippen molar-refractivity contribution in [3.8, 4) is 39.1 Å². The fourth-order valence-electron chi connectivity index (χ4n) is 10.9. The van der Waals surface area contributed by atoms with E-state index in [4.69, 9.17) is 4.42 Å². The third-order valence-electron chi connectivity index (χ3n) is 14.1. The molecule has 12 aromatic carbocycles. The van der Waals surface area contributed by atoms with Crippen LogP contribution in [-0.4, -0.2) is 4.57 Å². The molecule has 0 saturated heterocycles. The van der Waals surface area contributed by atoms with Crippen molar-refractivity contribution in [2.75, 3.05) is 4.90 Å². The average Bonchev–Trinajstić information content (AvgIpc) is 3.98. The van der Waals surface area contributed by atoms with Crippen LogP contribution in [0.2, 0.25) is 0 Å². The summed E-state index contributed by atoms with van der Waals surface area (Å²) in [6.07, 6.45) is 0. The average molecular weight is 879 g/mol. The fourth-order valence-corrected chi connectivity index (χ4v) is 10.9. The van der Waals surface area contributed by atoms with E-state index in [0.717, 1.165) is 77.9 Å². The van der Waals surface area contributed by atoms with Crippen molar-refractivity contribution in [2.24, 2.45) is 0 Å². The molecule has 2 aromatic heterocycles. The molecule has 2 heterocycles. The van der Waals surface area contributed by atoms with Crippen molar-refractivity contribution in [3.63, 3.8) is 0 Å². The minimum absolute atomic E-state index is 0.884. The SMILES string of the molecule is c1cc(-c2ccc3ccc4ccccc4c3c2)cc(N(c2ccc(-c3cccc(-n4c5ccccc5c5ccccc54)c3)cc2)c2cccc(-c3cccc4oc5c6ccccc6ccc5c34)c2)c1. The number of hydrogen-bond donors (Lipinski definition) is 0. The molecule has 0 atom stereocenters. The predicted molar refractivity (Wildman–Crippen MR) is 292 cm³/mol. The first-order chi connectivity index (χ1) is 34.2. The van der Waals surface area contributed by atoms with Crippen molar-refractivity contribution in [2.45, 2.75) is 0 Å². The molecule has 0 radical (unpaired) electrons. The number of para-hydroxylation sites is 2. The Hall–Kier alpha value is -9.18. The van der Waals surface area contributed by atoms with E-state index in [1.54, 1.807) is 0 Å².